The van der Waals surface area contributed by atoms with E-state index in [-0.39, 0.29) is 24.1 Å². The lowest BCUT2D eigenvalue weighted by molar-refractivity contribution is -0.116. The van der Waals surface area contributed by atoms with Gasteiger partial charge in [0.25, 0.3) is 11.8 Å². The molecule has 0 spiro atoms. The van der Waals surface area contributed by atoms with Gasteiger partial charge in [0.2, 0.25) is 5.91 Å². The van der Waals surface area contributed by atoms with Crippen LogP contribution in [0.15, 0.2) is 61.2 Å². The Kier molecular flexibility index (Phi) is 6.83. The van der Waals surface area contributed by atoms with E-state index in [9.17, 15) is 14.4 Å². The number of aromatic nitrogens is 2. The summed E-state index contributed by atoms with van der Waals surface area (Å²) in [7, 11) is 0. The SMILES string of the molecule is Cc1cccc(C(=O)N2CCCC2)c1NC(=O)c1cccc(NC(=O)CCn2ccnc2)c1. The number of imidazole rings is 1. The maximum Gasteiger partial charge on any atom is 0.255 e. The smallest absolute Gasteiger partial charge is 0.255 e. The van der Waals surface area contributed by atoms with Crippen LogP contribution in [0, 0.1) is 6.92 Å². The van der Waals surface area contributed by atoms with Crippen molar-refractivity contribution in [2.24, 2.45) is 0 Å². The predicted octanol–water partition coefficient (Wildman–Crippen LogP) is 3.71. The van der Waals surface area contributed by atoms with Gasteiger partial charge in [-0.1, -0.05) is 18.2 Å². The molecule has 0 atom stereocenters. The number of benzene rings is 2. The summed E-state index contributed by atoms with van der Waals surface area (Å²) in [5.41, 5.74) is 2.77. The normalized spacial score (nSPS) is 13.1. The molecule has 3 aromatic rings. The number of carbonyl (C=O) groups excluding carboxylic acids is 3. The van der Waals surface area contributed by atoms with Crippen LogP contribution in [0.3, 0.4) is 0 Å². The number of nitrogens with one attached hydrogen (secondary N) is 2. The molecule has 1 fully saturated rings. The van der Waals surface area contributed by atoms with E-state index in [1.165, 1.54) is 0 Å². The van der Waals surface area contributed by atoms with Crippen LogP contribution in [-0.4, -0.2) is 45.3 Å². The van der Waals surface area contributed by atoms with Crippen molar-refractivity contribution in [1.82, 2.24) is 14.5 Å². The van der Waals surface area contributed by atoms with E-state index >= 15 is 0 Å². The van der Waals surface area contributed by atoms with Crippen molar-refractivity contribution in [3.8, 4) is 0 Å². The second-order valence-electron chi connectivity index (χ2n) is 8.13. The minimum absolute atomic E-state index is 0.0644. The number of carbonyl (C=O) groups is 3. The van der Waals surface area contributed by atoms with Crippen molar-refractivity contribution in [2.75, 3.05) is 23.7 Å². The Bertz CT molecular complexity index is 1150. The number of likely N-dealkylation sites (tertiary alicyclic amines) is 1. The van der Waals surface area contributed by atoms with E-state index in [2.05, 4.69) is 15.6 Å². The Balaban J connectivity index is 1.45. The van der Waals surface area contributed by atoms with E-state index in [1.54, 1.807) is 49.1 Å². The third kappa shape index (κ3) is 5.46. The molecular weight excluding hydrogens is 418 g/mol. The zero-order chi connectivity index (χ0) is 23.2. The lowest BCUT2D eigenvalue weighted by Gasteiger charge is -2.19. The Hall–Kier alpha value is -3.94. The zero-order valence-electron chi connectivity index (χ0n) is 18.6. The van der Waals surface area contributed by atoms with Gasteiger partial charge in [-0.15, -0.1) is 0 Å². The van der Waals surface area contributed by atoms with Gasteiger partial charge < -0.3 is 20.1 Å². The molecule has 1 aliphatic heterocycles. The first kappa shape index (κ1) is 22.3. The monoisotopic (exact) mass is 445 g/mol. The van der Waals surface area contributed by atoms with Gasteiger partial charge in [-0.25, -0.2) is 4.98 Å². The molecule has 2 heterocycles. The van der Waals surface area contributed by atoms with E-state index in [0.29, 0.717) is 29.0 Å². The van der Waals surface area contributed by atoms with E-state index < -0.39 is 0 Å². The molecule has 2 aromatic carbocycles. The molecule has 1 saturated heterocycles. The van der Waals surface area contributed by atoms with Crippen LogP contribution in [0.1, 0.15) is 45.5 Å². The Morgan fingerprint density at radius 1 is 1.03 bits per heavy atom. The van der Waals surface area contributed by atoms with Crippen LogP contribution in [0.4, 0.5) is 11.4 Å². The maximum absolute atomic E-state index is 13.0. The molecule has 0 aliphatic carbocycles. The zero-order valence-corrected chi connectivity index (χ0v) is 18.6. The molecule has 4 rings (SSSR count). The number of hydrogen-bond donors (Lipinski definition) is 2. The highest BCUT2D eigenvalue weighted by Crippen LogP contribution is 2.25. The molecule has 3 amide bonds. The summed E-state index contributed by atoms with van der Waals surface area (Å²) in [5, 5.41) is 5.74. The van der Waals surface area contributed by atoms with Gasteiger partial charge in [0.15, 0.2) is 0 Å². The molecule has 0 saturated carbocycles. The topological polar surface area (TPSA) is 96.3 Å². The summed E-state index contributed by atoms with van der Waals surface area (Å²) in [4.78, 5) is 44.1. The third-order valence-electron chi connectivity index (χ3n) is 5.70. The van der Waals surface area contributed by atoms with E-state index in [0.717, 1.165) is 31.5 Å². The highest BCUT2D eigenvalue weighted by molar-refractivity contribution is 6.10. The van der Waals surface area contributed by atoms with Gasteiger partial charge in [-0.2, -0.15) is 0 Å². The number of rotatable bonds is 7. The Labute approximate surface area is 192 Å². The van der Waals surface area contributed by atoms with Crippen molar-refractivity contribution >= 4 is 29.1 Å². The number of amides is 3. The van der Waals surface area contributed by atoms with Gasteiger partial charge in [0.05, 0.1) is 17.6 Å². The molecular formula is C25H27N5O3. The molecule has 0 unspecified atom stereocenters. The van der Waals surface area contributed by atoms with Gasteiger partial charge >= 0.3 is 0 Å². The molecule has 0 bridgehead atoms. The molecule has 8 heteroatoms. The van der Waals surface area contributed by atoms with E-state index in [4.69, 9.17) is 0 Å². The highest BCUT2D eigenvalue weighted by atomic mass is 16.2. The number of aryl methyl sites for hydroxylation is 2. The number of anilines is 2. The van der Waals surface area contributed by atoms with Crippen molar-refractivity contribution in [2.45, 2.75) is 32.7 Å². The average Bonchev–Trinajstić information content (AvgIpc) is 3.53. The fraction of sp³-hybridized carbons (Fsp3) is 0.280. The Morgan fingerprint density at radius 2 is 1.82 bits per heavy atom. The summed E-state index contributed by atoms with van der Waals surface area (Å²) >= 11 is 0. The summed E-state index contributed by atoms with van der Waals surface area (Å²) < 4.78 is 1.83. The quantitative estimate of drug-likeness (QED) is 0.579. The second kappa shape index (κ2) is 10.1. The van der Waals surface area contributed by atoms with Crippen molar-refractivity contribution in [3.05, 3.63) is 77.9 Å². The minimum Gasteiger partial charge on any atom is -0.339 e. The molecule has 33 heavy (non-hydrogen) atoms. The van der Waals surface area contributed by atoms with Crippen LogP contribution in [0.2, 0.25) is 0 Å². The fourth-order valence-electron chi connectivity index (χ4n) is 3.90. The van der Waals surface area contributed by atoms with Crippen LogP contribution in [-0.2, 0) is 11.3 Å². The lowest BCUT2D eigenvalue weighted by Crippen LogP contribution is -2.29. The van der Waals surface area contributed by atoms with E-state index in [1.807, 2.05) is 28.5 Å². The van der Waals surface area contributed by atoms with Gasteiger partial charge in [0, 0.05) is 49.7 Å². The lowest BCUT2D eigenvalue weighted by atomic mass is 10.1. The molecule has 1 aromatic heterocycles. The average molecular weight is 446 g/mol. The molecule has 1 aliphatic rings. The number of para-hydroxylation sites is 1. The van der Waals surface area contributed by atoms with Crippen LogP contribution < -0.4 is 10.6 Å². The number of nitrogens with zero attached hydrogens (tertiary/aromatic N) is 3. The first-order valence-electron chi connectivity index (χ1n) is 11.1. The summed E-state index contributed by atoms with van der Waals surface area (Å²) in [6.07, 6.45) is 7.41. The molecule has 170 valence electrons. The fourth-order valence-corrected chi connectivity index (χ4v) is 3.90. The standard InChI is InChI=1S/C25H27N5O3/c1-18-6-4-9-21(25(33)30-12-2-3-13-30)23(18)28-24(32)19-7-5-8-20(16-19)27-22(31)10-14-29-15-11-26-17-29/h4-9,11,15-17H,2-3,10,12-14H2,1H3,(H,27,31)(H,28,32). The summed E-state index contributed by atoms with van der Waals surface area (Å²) in [6, 6.07) is 12.2. The first-order valence-corrected chi connectivity index (χ1v) is 11.1. The van der Waals surface area contributed by atoms with Gasteiger partial charge in [-0.05, 0) is 49.6 Å². The maximum atomic E-state index is 13.0. The van der Waals surface area contributed by atoms with Crippen LogP contribution >= 0.6 is 0 Å². The van der Waals surface area contributed by atoms with Crippen molar-refractivity contribution < 1.29 is 14.4 Å². The van der Waals surface area contributed by atoms with Crippen molar-refractivity contribution in [1.29, 1.82) is 0 Å². The van der Waals surface area contributed by atoms with Gasteiger partial charge in [0.1, 0.15) is 0 Å². The van der Waals surface area contributed by atoms with Gasteiger partial charge in [-0.3, -0.25) is 14.4 Å². The largest absolute Gasteiger partial charge is 0.339 e. The second-order valence-corrected chi connectivity index (χ2v) is 8.13. The molecule has 8 nitrogen and oxygen atoms in total. The first-order chi connectivity index (χ1) is 16.0. The number of hydrogen-bond acceptors (Lipinski definition) is 4. The van der Waals surface area contributed by atoms with Crippen molar-refractivity contribution in [3.63, 3.8) is 0 Å². The summed E-state index contributed by atoms with van der Waals surface area (Å²) in [5.74, 6) is -0.557. The highest BCUT2D eigenvalue weighted by Gasteiger charge is 2.23. The minimum atomic E-state index is -0.339. The predicted molar refractivity (Wildman–Crippen MR) is 126 cm³/mol. The summed E-state index contributed by atoms with van der Waals surface area (Å²) in [6.45, 7) is 3.87. The molecule has 0 radical (unpaired) electrons. The van der Waals surface area contributed by atoms with Crippen LogP contribution in [0.5, 0.6) is 0 Å². The molecule has 2 N–H and O–H groups in total. The Morgan fingerprint density at radius 3 is 2.58 bits per heavy atom. The van der Waals surface area contributed by atoms with Crippen LogP contribution in [0.25, 0.3) is 0 Å². The third-order valence-corrected chi connectivity index (χ3v) is 5.70.